The molecule has 7 heteroatoms. The van der Waals surface area contributed by atoms with Crippen molar-refractivity contribution in [2.24, 2.45) is 0 Å². The van der Waals surface area contributed by atoms with Crippen molar-refractivity contribution in [3.8, 4) is 28.7 Å². The standard InChI is InChI=1S/C24H22O7/c1-12(13-3-7-15(25)8-4-13)19-17(30-2)11-18-20(21(19)27)22(28)23(29)24(31-18)14-5-9-16(26)10-6-14/h3-12,23-27,29H,1-2H3/t12-,23+,24-/m1/s1. The van der Waals surface area contributed by atoms with Crippen molar-refractivity contribution in [1.82, 2.24) is 0 Å². The second kappa shape index (κ2) is 7.85. The van der Waals surface area contributed by atoms with E-state index in [4.69, 9.17) is 9.47 Å². The second-order valence-electron chi connectivity index (χ2n) is 7.47. The predicted molar refractivity (Wildman–Crippen MR) is 112 cm³/mol. The lowest BCUT2D eigenvalue weighted by Crippen LogP contribution is -2.36. The molecule has 4 rings (SSSR count). The van der Waals surface area contributed by atoms with E-state index in [9.17, 15) is 25.2 Å². The van der Waals surface area contributed by atoms with Crippen molar-refractivity contribution in [2.45, 2.75) is 25.0 Å². The molecule has 3 aromatic rings. The van der Waals surface area contributed by atoms with Gasteiger partial charge in [-0.1, -0.05) is 31.2 Å². The van der Waals surface area contributed by atoms with Gasteiger partial charge in [0.2, 0.25) is 5.78 Å². The van der Waals surface area contributed by atoms with Crippen LogP contribution in [0.15, 0.2) is 54.6 Å². The summed E-state index contributed by atoms with van der Waals surface area (Å²) in [4.78, 5) is 13.0. The fraction of sp³-hybridized carbons (Fsp3) is 0.208. The van der Waals surface area contributed by atoms with Gasteiger partial charge in [0, 0.05) is 17.5 Å². The van der Waals surface area contributed by atoms with E-state index in [1.54, 1.807) is 24.3 Å². The van der Waals surface area contributed by atoms with Gasteiger partial charge in [0.1, 0.15) is 34.3 Å². The SMILES string of the molecule is COc1cc2c(c(O)c1[C@H](C)c1ccc(O)cc1)C(=O)[C@H](O)[C@@H](c1ccc(O)cc1)O2. The van der Waals surface area contributed by atoms with E-state index in [-0.39, 0.29) is 34.5 Å². The molecular formula is C24H22O7. The van der Waals surface area contributed by atoms with Crippen LogP contribution in [-0.4, -0.2) is 39.4 Å². The second-order valence-corrected chi connectivity index (χ2v) is 7.47. The van der Waals surface area contributed by atoms with E-state index in [0.29, 0.717) is 16.9 Å². The monoisotopic (exact) mass is 422 g/mol. The molecule has 4 N–H and O–H groups in total. The van der Waals surface area contributed by atoms with Gasteiger partial charge in [0.25, 0.3) is 0 Å². The fourth-order valence-electron chi connectivity index (χ4n) is 3.89. The van der Waals surface area contributed by atoms with Crippen LogP contribution >= 0.6 is 0 Å². The molecule has 0 aromatic heterocycles. The van der Waals surface area contributed by atoms with E-state index in [0.717, 1.165) is 5.56 Å². The van der Waals surface area contributed by atoms with Gasteiger partial charge in [0.15, 0.2) is 12.2 Å². The third-order valence-electron chi connectivity index (χ3n) is 5.59. The first-order valence-corrected chi connectivity index (χ1v) is 9.72. The molecule has 0 radical (unpaired) electrons. The van der Waals surface area contributed by atoms with Gasteiger partial charge in [-0.15, -0.1) is 0 Å². The number of methoxy groups -OCH3 is 1. The van der Waals surface area contributed by atoms with E-state index < -0.39 is 18.0 Å². The van der Waals surface area contributed by atoms with Crippen LogP contribution < -0.4 is 9.47 Å². The zero-order chi connectivity index (χ0) is 22.3. The molecule has 0 aliphatic carbocycles. The normalized spacial score (nSPS) is 18.7. The van der Waals surface area contributed by atoms with E-state index in [1.165, 1.54) is 37.4 Å². The van der Waals surface area contributed by atoms with Crippen LogP contribution in [-0.2, 0) is 0 Å². The largest absolute Gasteiger partial charge is 0.508 e. The number of hydrogen-bond donors (Lipinski definition) is 4. The van der Waals surface area contributed by atoms with Crippen LogP contribution in [0.3, 0.4) is 0 Å². The number of aliphatic hydroxyl groups excluding tert-OH is 1. The minimum Gasteiger partial charge on any atom is -0.508 e. The highest BCUT2D eigenvalue weighted by atomic mass is 16.5. The maximum atomic E-state index is 13.0. The zero-order valence-electron chi connectivity index (χ0n) is 16.9. The smallest absolute Gasteiger partial charge is 0.202 e. The highest BCUT2D eigenvalue weighted by molar-refractivity contribution is 6.06. The Morgan fingerprint density at radius 1 is 0.968 bits per heavy atom. The van der Waals surface area contributed by atoms with Gasteiger partial charge >= 0.3 is 0 Å². The average Bonchev–Trinajstić information content (AvgIpc) is 2.76. The molecule has 3 atom stereocenters. The number of aromatic hydroxyl groups is 3. The summed E-state index contributed by atoms with van der Waals surface area (Å²) in [6, 6.07) is 14.0. The Bertz CT molecular complexity index is 1120. The Morgan fingerprint density at radius 2 is 1.55 bits per heavy atom. The Kier molecular flexibility index (Phi) is 5.20. The Hall–Kier alpha value is -3.71. The lowest BCUT2D eigenvalue weighted by Gasteiger charge is -2.32. The topological polar surface area (TPSA) is 116 Å². The number of ether oxygens (including phenoxy) is 2. The number of rotatable bonds is 4. The minimum atomic E-state index is -1.53. The first-order valence-electron chi connectivity index (χ1n) is 9.72. The van der Waals surface area contributed by atoms with Crippen LogP contribution in [0.2, 0.25) is 0 Å². The summed E-state index contributed by atoms with van der Waals surface area (Å²) in [7, 11) is 1.45. The van der Waals surface area contributed by atoms with Crippen LogP contribution in [0.1, 0.15) is 46.0 Å². The maximum absolute atomic E-state index is 13.0. The molecule has 31 heavy (non-hydrogen) atoms. The van der Waals surface area contributed by atoms with E-state index in [1.807, 2.05) is 6.92 Å². The number of aliphatic hydroxyl groups is 1. The highest BCUT2D eigenvalue weighted by Gasteiger charge is 2.40. The summed E-state index contributed by atoms with van der Waals surface area (Å²) in [6.45, 7) is 1.83. The van der Waals surface area contributed by atoms with Gasteiger partial charge in [-0.25, -0.2) is 0 Å². The Morgan fingerprint density at radius 3 is 2.13 bits per heavy atom. The minimum absolute atomic E-state index is 0.0490. The molecule has 0 amide bonds. The molecule has 0 bridgehead atoms. The quantitative estimate of drug-likeness (QED) is 0.507. The number of ketones is 1. The molecule has 3 aromatic carbocycles. The molecular weight excluding hydrogens is 400 g/mol. The third-order valence-corrected chi connectivity index (χ3v) is 5.59. The Balaban J connectivity index is 1.80. The van der Waals surface area contributed by atoms with Crippen LogP contribution in [0, 0.1) is 0 Å². The van der Waals surface area contributed by atoms with Crippen molar-refractivity contribution in [1.29, 1.82) is 0 Å². The highest BCUT2D eigenvalue weighted by Crippen LogP contribution is 2.48. The summed E-state index contributed by atoms with van der Waals surface area (Å²) in [5.74, 6) is -0.769. The zero-order valence-corrected chi connectivity index (χ0v) is 16.9. The van der Waals surface area contributed by atoms with E-state index >= 15 is 0 Å². The number of phenolic OH excluding ortho intramolecular Hbond substituents is 3. The third kappa shape index (κ3) is 3.53. The Labute approximate surface area is 178 Å². The fourth-order valence-corrected chi connectivity index (χ4v) is 3.89. The predicted octanol–water partition coefficient (Wildman–Crippen LogP) is 3.64. The van der Waals surface area contributed by atoms with Gasteiger partial charge in [-0.3, -0.25) is 4.79 Å². The summed E-state index contributed by atoms with van der Waals surface area (Å²) >= 11 is 0. The number of phenols is 3. The molecule has 0 saturated carbocycles. The van der Waals surface area contributed by atoms with Crippen LogP contribution in [0.25, 0.3) is 0 Å². The van der Waals surface area contributed by atoms with Crippen molar-refractivity contribution >= 4 is 5.78 Å². The van der Waals surface area contributed by atoms with Crippen LogP contribution in [0.4, 0.5) is 0 Å². The molecule has 7 nitrogen and oxygen atoms in total. The summed E-state index contributed by atoms with van der Waals surface area (Å²) in [5, 5.41) is 40.7. The number of Topliss-reactive ketones (excluding diaryl/α,β-unsaturated/α-hetero) is 1. The average molecular weight is 422 g/mol. The molecule has 1 aliphatic rings. The van der Waals surface area contributed by atoms with Gasteiger partial charge in [-0.05, 0) is 35.4 Å². The molecule has 0 unspecified atom stereocenters. The molecule has 0 saturated heterocycles. The van der Waals surface area contributed by atoms with Crippen molar-refractivity contribution in [3.05, 3.63) is 76.9 Å². The molecule has 1 aliphatic heterocycles. The molecule has 1 heterocycles. The molecule has 0 fully saturated rings. The molecule has 0 spiro atoms. The lowest BCUT2D eigenvalue weighted by molar-refractivity contribution is 0.0210. The number of carbonyl (C=O) groups excluding carboxylic acids is 1. The lowest BCUT2D eigenvalue weighted by atomic mass is 9.86. The first kappa shape index (κ1) is 20.6. The number of fused-ring (bicyclic) bond motifs is 1. The first-order chi connectivity index (χ1) is 14.8. The van der Waals surface area contributed by atoms with Gasteiger partial charge in [0.05, 0.1) is 7.11 Å². The van der Waals surface area contributed by atoms with Crippen molar-refractivity contribution < 1.29 is 34.7 Å². The van der Waals surface area contributed by atoms with E-state index in [2.05, 4.69) is 0 Å². The number of carbonyl (C=O) groups is 1. The van der Waals surface area contributed by atoms with Crippen molar-refractivity contribution in [2.75, 3.05) is 7.11 Å². The van der Waals surface area contributed by atoms with Gasteiger partial charge < -0.3 is 29.9 Å². The van der Waals surface area contributed by atoms with Crippen molar-refractivity contribution in [3.63, 3.8) is 0 Å². The summed E-state index contributed by atoms with van der Waals surface area (Å²) in [5.41, 5.74) is 1.56. The summed E-state index contributed by atoms with van der Waals surface area (Å²) in [6.07, 6.45) is -2.53. The maximum Gasteiger partial charge on any atom is 0.202 e. The molecule has 160 valence electrons. The van der Waals surface area contributed by atoms with Gasteiger partial charge in [-0.2, -0.15) is 0 Å². The van der Waals surface area contributed by atoms with Crippen LogP contribution in [0.5, 0.6) is 28.7 Å². The number of benzene rings is 3. The summed E-state index contributed by atoms with van der Waals surface area (Å²) < 4.78 is 11.4. The number of hydrogen-bond acceptors (Lipinski definition) is 7.